The first-order chi connectivity index (χ1) is 8.05. The van der Waals surface area contributed by atoms with Crippen LogP contribution in [0.15, 0.2) is 0 Å². The Morgan fingerprint density at radius 3 is 2.71 bits per heavy atom. The topological polar surface area (TPSA) is 24.5 Å². The Morgan fingerprint density at radius 2 is 2.06 bits per heavy atom. The minimum absolute atomic E-state index is 0.0801. The van der Waals surface area contributed by atoms with Gasteiger partial charge in [0.25, 0.3) is 0 Å². The Kier molecular flexibility index (Phi) is 4.11. The van der Waals surface area contributed by atoms with Gasteiger partial charge in [-0.3, -0.25) is 4.90 Å². The van der Waals surface area contributed by atoms with Crippen molar-refractivity contribution >= 4 is 0 Å². The third kappa shape index (κ3) is 3.43. The number of likely N-dealkylation sites (tertiary alicyclic amines) is 1. The van der Waals surface area contributed by atoms with E-state index < -0.39 is 0 Å². The van der Waals surface area contributed by atoms with Crippen molar-refractivity contribution in [2.75, 3.05) is 39.8 Å². The predicted octanol–water partition coefficient (Wildman–Crippen LogP) is 1.88. The van der Waals surface area contributed by atoms with Crippen LogP contribution in [0.5, 0.6) is 0 Å². The summed E-state index contributed by atoms with van der Waals surface area (Å²) in [7, 11) is 1.85. The van der Waals surface area contributed by atoms with Gasteiger partial charge < -0.3 is 10.1 Å². The van der Waals surface area contributed by atoms with E-state index in [0.29, 0.717) is 5.41 Å². The van der Waals surface area contributed by atoms with E-state index in [4.69, 9.17) is 4.74 Å². The summed E-state index contributed by atoms with van der Waals surface area (Å²) in [5, 5.41) is 3.54. The van der Waals surface area contributed by atoms with Crippen molar-refractivity contribution in [3.8, 4) is 0 Å². The lowest BCUT2D eigenvalue weighted by Gasteiger charge is -2.44. The molecule has 0 radical (unpaired) electrons. The van der Waals surface area contributed by atoms with E-state index in [1.165, 1.54) is 51.9 Å². The summed E-state index contributed by atoms with van der Waals surface area (Å²) in [5.41, 5.74) is 0.543. The van der Waals surface area contributed by atoms with Crippen LogP contribution in [0, 0.1) is 5.41 Å². The fourth-order valence-corrected chi connectivity index (χ4v) is 3.40. The first kappa shape index (κ1) is 13.3. The second-order valence-corrected chi connectivity index (χ2v) is 6.56. The fraction of sp³-hybridized carbons (Fsp3) is 1.00. The molecule has 2 unspecified atom stereocenters. The van der Waals surface area contributed by atoms with Crippen molar-refractivity contribution in [1.29, 1.82) is 0 Å². The zero-order valence-electron chi connectivity index (χ0n) is 11.7. The van der Waals surface area contributed by atoms with E-state index in [0.717, 1.165) is 6.54 Å². The molecular weight excluding hydrogens is 212 g/mol. The van der Waals surface area contributed by atoms with Gasteiger partial charge in [0.2, 0.25) is 0 Å². The molecule has 2 heterocycles. The number of rotatable bonds is 3. The van der Waals surface area contributed by atoms with E-state index >= 15 is 0 Å². The summed E-state index contributed by atoms with van der Waals surface area (Å²) < 4.78 is 5.67. The molecule has 0 spiro atoms. The lowest BCUT2D eigenvalue weighted by Crippen LogP contribution is -2.52. The molecule has 0 aromatic heterocycles. The lowest BCUT2D eigenvalue weighted by atomic mass is 9.81. The van der Waals surface area contributed by atoms with Gasteiger partial charge in [0.1, 0.15) is 0 Å². The maximum atomic E-state index is 5.67. The largest absolute Gasteiger partial charge is 0.377 e. The molecule has 0 aromatic carbocycles. The molecule has 0 amide bonds. The first-order valence-electron chi connectivity index (χ1n) is 7.04. The zero-order valence-corrected chi connectivity index (χ0v) is 11.7. The molecule has 0 bridgehead atoms. The van der Waals surface area contributed by atoms with E-state index in [2.05, 4.69) is 24.1 Å². The number of hydrogen-bond donors (Lipinski definition) is 1. The molecule has 3 nitrogen and oxygen atoms in total. The van der Waals surface area contributed by atoms with E-state index in [1.807, 2.05) is 7.11 Å². The minimum Gasteiger partial charge on any atom is -0.377 e. The minimum atomic E-state index is 0.0801. The highest BCUT2D eigenvalue weighted by Gasteiger charge is 2.35. The van der Waals surface area contributed by atoms with Crippen molar-refractivity contribution in [2.45, 2.75) is 45.1 Å². The molecule has 0 aromatic rings. The van der Waals surface area contributed by atoms with Gasteiger partial charge >= 0.3 is 0 Å². The Labute approximate surface area is 106 Å². The average Bonchev–Trinajstić information content (AvgIpc) is 2.29. The summed E-state index contributed by atoms with van der Waals surface area (Å²) in [5.74, 6) is 0. The summed E-state index contributed by atoms with van der Waals surface area (Å²) in [6, 6.07) is 0. The quantitative estimate of drug-likeness (QED) is 0.815. The van der Waals surface area contributed by atoms with E-state index in [9.17, 15) is 0 Å². The van der Waals surface area contributed by atoms with Gasteiger partial charge in [0.15, 0.2) is 0 Å². The van der Waals surface area contributed by atoms with Gasteiger partial charge in [-0.25, -0.2) is 0 Å². The Hall–Kier alpha value is -0.120. The van der Waals surface area contributed by atoms with Crippen molar-refractivity contribution in [2.24, 2.45) is 5.41 Å². The van der Waals surface area contributed by atoms with Crippen molar-refractivity contribution < 1.29 is 4.74 Å². The predicted molar refractivity (Wildman–Crippen MR) is 71.3 cm³/mol. The molecule has 2 saturated heterocycles. The monoisotopic (exact) mass is 240 g/mol. The normalized spacial score (nSPS) is 40.4. The maximum Gasteiger partial charge on any atom is 0.0777 e. The first-order valence-corrected chi connectivity index (χ1v) is 7.04. The van der Waals surface area contributed by atoms with Crippen LogP contribution >= 0.6 is 0 Å². The van der Waals surface area contributed by atoms with Crippen LogP contribution in [0.3, 0.4) is 0 Å². The molecule has 2 atom stereocenters. The number of ether oxygens (including phenoxy) is 1. The molecule has 2 aliphatic rings. The molecule has 2 fully saturated rings. The zero-order chi connectivity index (χ0) is 12.4. The second-order valence-electron chi connectivity index (χ2n) is 6.56. The summed E-state index contributed by atoms with van der Waals surface area (Å²) >= 11 is 0. The maximum absolute atomic E-state index is 5.67. The van der Waals surface area contributed by atoms with Crippen LogP contribution in [0.4, 0.5) is 0 Å². The summed E-state index contributed by atoms with van der Waals surface area (Å²) in [4.78, 5) is 2.61. The second kappa shape index (κ2) is 5.25. The molecule has 1 N–H and O–H groups in total. The molecule has 100 valence electrons. The molecule has 3 heteroatoms. The number of nitrogens with one attached hydrogen (secondary N) is 1. The number of hydrogen-bond acceptors (Lipinski definition) is 3. The van der Waals surface area contributed by atoms with Gasteiger partial charge in [0, 0.05) is 26.7 Å². The van der Waals surface area contributed by atoms with Crippen LogP contribution in [-0.2, 0) is 4.74 Å². The van der Waals surface area contributed by atoms with Crippen molar-refractivity contribution in [3.63, 3.8) is 0 Å². The Morgan fingerprint density at radius 1 is 1.24 bits per heavy atom. The van der Waals surface area contributed by atoms with E-state index in [-0.39, 0.29) is 5.60 Å². The number of piperidine rings is 2. The SMILES string of the molecule is COC1(C)CCCN(CC2(C)CCCNC2)C1. The van der Waals surface area contributed by atoms with Crippen molar-refractivity contribution in [3.05, 3.63) is 0 Å². The van der Waals surface area contributed by atoms with Crippen LogP contribution < -0.4 is 5.32 Å². The standard InChI is InChI=1S/C14H28N2O/c1-13(6-4-8-15-10-13)11-16-9-5-7-14(2,12-16)17-3/h15H,4-12H2,1-3H3. The molecule has 0 saturated carbocycles. The third-order valence-electron chi connectivity index (χ3n) is 4.52. The molecule has 2 rings (SSSR count). The average molecular weight is 240 g/mol. The molecule has 0 aliphatic carbocycles. The molecular formula is C14H28N2O. The van der Waals surface area contributed by atoms with Crippen LogP contribution in [0.1, 0.15) is 39.5 Å². The number of methoxy groups -OCH3 is 1. The van der Waals surface area contributed by atoms with Gasteiger partial charge in [-0.1, -0.05) is 6.92 Å². The highest BCUT2D eigenvalue weighted by molar-refractivity contribution is 4.90. The summed E-state index contributed by atoms with van der Waals surface area (Å²) in [6.45, 7) is 10.6. The Bertz CT molecular complexity index is 251. The van der Waals surface area contributed by atoms with Crippen molar-refractivity contribution in [1.82, 2.24) is 10.2 Å². The molecule has 2 aliphatic heterocycles. The smallest absolute Gasteiger partial charge is 0.0777 e. The van der Waals surface area contributed by atoms with Gasteiger partial charge in [0.05, 0.1) is 5.60 Å². The third-order valence-corrected chi connectivity index (χ3v) is 4.52. The Balaban J connectivity index is 1.89. The van der Waals surface area contributed by atoms with E-state index in [1.54, 1.807) is 0 Å². The van der Waals surface area contributed by atoms with Crippen LogP contribution in [-0.4, -0.2) is 50.3 Å². The lowest BCUT2D eigenvalue weighted by molar-refractivity contribution is -0.0596. The molecule has 17 heavy (non-hydrogen) atoms. The highest BCUT2D eigenvalue weighted by atomic mass is 16.5. The van der Waals surface area contributed by atoms with Gasteiger partial charge in [-0.2, -0.15) is 0 Å². The van der Waals surface area contributed by atoms with Crippen LogP contribution in [0.2, 0.25) is 0 Å². The summed E-state index contributed by atoms with van der Waals surface area (Å²) in [6.07, 6.45) is 5.16. The van der Waals surface area contributed by atoms with Gasteiger partial charge in [-0.05, 0) is 51.1 Å². The number of nitrogens with zero attached hydrogens (tertiary/aromatic N) is 1. The fourth-order valence-electron chi connectivity index (χ4n) is 3.40. The van der Waals surface area contributed by atoms with Crippen LogP contribution in [0.25, 0.3) is 0 Å². The van der Waals surface area contributed by atoms with Gasteiger partial charge in [-0.15, -0.1) is 0 Å². The highest BCUT2D eigenvalue weighted by Crippen LogP contribution is 2.30.